The summed E-state index contributed by atoms with van der Waals surface area (Å²) in [5, 5.41) is 13.8. The number of amides is 7. The van der Waals surface area contributed by atoms with Gasteiger partial charge in [-0.3, -0.25) is 25.0 Å². The number of likely N-dealkylation sites (N-methyl/N-ethyl adjacent to an activating group) is 1. The van der Waals surface area contributed by atoms with E-state index in [4.69, 9.17) is 39.9 Å². The fourth-order valence-electron chi connectivity index (χ4n) is 6.98. The highest BCUT2D eigenvalue weighted by atomic mass is 16.5. The normalized spacial score (nSPS) is 10.9. The maximum absolute atomic E-state index is 13.0. The van der Waals surface area contributed by atoms with Crippen LogP contribution in [0, 0.1) is 0 Å². The average molecular weight is 1010 g/mol. The van der Waals surface area contributed by atoms with Crippen molar-refractivity contribution >= 4 is 59.1 Å². The molecule has 0 atom stereocenters. The molecule has 6 rings (SSSR count). The molecule has 0 radical (unpaired) electrons. The maximum atomic E-state index is 13.0. The second-order valence-electron chi connectivity index (χ2n) is 16.3. The first-order valence-corrected chi connectivity index (χ1v) is 22.7. The van der Waals surface area contributed by atoms with Crippen LogP contribution in [0.15, 0.2) is 133 Å². The highest BCUT2D eigenvalue weighted by molar-refractivity contribution is 6.24. The van der Waals surface area contributed by atoms with Crippen LogP contribution in [0.3, 0.4) is 0 Å². The number of aryl methyl sites for hydroxylation is 2. The van der Waals surface area contributed by atoms with Crippen LogP contribution in [0.1, 0.15) is 46.2 Å². The van der Waals surface area contributed by atoms with E-state index in [1.165, 1.54) is 19.1 Å². The van der Waals surface area contributed by atoms with Crippen molar-refractivity contribution in [3.05, 3.63) is 167 Å². The number of benzene rings is 6. The highest BCUT2D eigenvalue weighted by Crippen LogP contribution is 2.31. The van der Waals surface area contributed by atoms with E-state index in [0.29, 0.717) is 75.5 Å². The molecule has 0 fully saturated rings. The van der Waals surface area contributed by atoms with Gasteiger partial charge < -0.3 is 49.9 Å². The second-order valence-corrected chi connectivity index (χ2v) is 16.3. The van der Waals surface area contributed by atoms with Crippen LogP contribution in [-0.4, -0.2) is 88.3 Å². The summed E-state index contributed by atoms with van der Waals surface area (Å²) in [6, 6.07) is 37.2. The van der Waals surface area contributed by atoms with Gasteiger partial charge in [0.15, 0.2) is 0 Å². The molecule has 18 heteroatoms. The van der Waals surface area contributed by atoms with Crippen LogP contribution in [-0.2, 0) is 32.0 Å². The van der Waals surface area contributed by atoms with Gasteiger partial charge in [0.2, 0.25) is 11.8 Å². The minimum atomic E-state index is -1.08. The van der Waals surface area contributed by atoms with E-state index in [9.17, 15) is 33.9 Å². The molecule has 0 saturated heterocycles. The number of nitrogens with two attached hydrogens (primary N) is 2. The number of rotatable bonds is 20. The number of carboxylic acid groups (broad SMARTS) is 1. The minimum absolute atomic E-state index is 0.0987. The van der Waals surface area contributed by atoms with Crippen molar-refractivity contribution in [3.63, 3.8) is 0 Å². The summed E-state index contributed by atoms with van der Waals surface area (Å²) in [6.45, 7) is 0. The minimum Gasteiger partial charge on any atom is -0.497 e. The summed E-state index contributed by atoms with van der Waals surface area (Å²) in [5.74, 6) is 2.56. The van der Waals surface area contributed by atoms with E-state index < -0.39 is 29.8 Å². The Labute approximate surface area is 428 Å². The predicted molar refractivity (Wildman–Crippen MR) is 279 cm³/mol. The molecular formula is C56H57N5O13. The first-order chi connectivity index (χ1) is 35.4. The van der Waals surface area contributed by atoms with Gasteiger partial charge >= 0.3 is 18.0 Å². The number of hydrogen-bond acceptors (Lipinski definition) is 12. The van der Waals surface area contributed by atoms with Gasteiger partial charge in [-0.15, -0.1) is 0 Å². The zero-order valence-corrected chi connectivity index (χ0v) is 41.6. The molecule has 0 spiro atoms. The van der Waals surface area contributed by atoms with Crippen LogP contribution in [0.5, 0.6) is 46.0 Å². The SMILES string of the molecule is COc1cc(/C=C(/C(=O)N(C)C)c2ccc(Oc3ccc(CCC(=O)NC(N)=O)cc3)cc2)cc(OC)c1.COc1cc(/C=C(/C(=O)O)c2ccc(Oc3ccc(CCC(=O)NC(N)=O)cc3)cc2)cc(OC)c1. The fraction of sp³-hybridized carbons (Fsp3) is 0.179. The van der Waals surface area contributed by atoms with E-state index >= 15 is 0 Å². The van der Waals surface area contributed by atoms with Crippen LogP contribution in [0.4, 0.5) is 9.59 Å². The molecule has 384 valence electrons. The molecule has 0 aliphatic heterocycles. The van der Waals surface area contributed by atoms with Gasteiger partial charge in [0.05, 0.1) is 34.0 Å². The Morgan fingerprint density at radius 3 is 1.08 bits per heavy atom. The largest absolute Gasteiger partial charge is 0.497 e. The number of carbonyl (C=O) groups is 6. The van der Waals surface area contributed by atoms with Crippen molar-refractivity contribution < 1.29 is 62.3 Å². The van der Waals surface area contributed by atoms with Gasteiger partial charge in [-0.25, -0.2) is 14.4 Å². The summed E-state index contributed by atoms with van der Waals surface area (Å²) in [6.07, 6.45) is 4.53. The Balaban J connectivity index is 0.000000274. The molecular weight excluding hydrogens is 951 g/mol. The Morgan fingerprint density at radius 1 is 0.473 bits per heavy atom. The van der Waals surface area contributed by atoms with Gasteiger partial charge in [-0.05, 0) is 131 Å². The number of primary amides is 2. The Kier molecular flexibility index (Phi) is 20.3. The van der Waals surface area contributed by atoms with Gasteiger partial charge in [0.1, 0.15) is 46.0 Å². The van der Waals surface area contributed by atoms with Crippen LogP contribution in [0.25, 0.3) is 23.3 Å². The number of nitrogens with zero attached hydrogens (tertiary/aromatic N) is 1. The molecule has 0 unspecified atom stereocenters. The zero-order chi connectivity index (χ0) is 53.7. The Hall–Kier alpha value is -9.58. The maximum Gasteiger partial charge on any atom is 0.336 e. The van der Waals surface area contributed by atoms with Gasteiger partial charge in [-0.2, -0.15) is 0 Å². The lowest BCUT2D eigenvalue weighted by Gasteiger charge is -2.15. The summed E-state index contributed by atoms with van der Waals surface area (Å²) in [4.78, 5) is 71.0. The molecule has 18 nitrogen and oxygen atoms in total. The van der Waals surface area contributed by atoms with E-state index in [-0.39, 0.29) is 24.3 Å². The summed E-state index contributed by atoms with van der Waals surface area (Å²) in [7, 11) is 9.60. The highest BCUT2D eigenvalue weighted by Gasteiger charge is 2.17. The standard InChI is InChI=1S/C29H31N3O6.C27H26N2O7/c1-32(2)28(34)26(17-20-15-24(36-3)18-25(16-20)37-4)21-8-12-23(13-9-21)38-22-10-5-19(6-11-22)7-14-27(33)31-29(30)35;1-34-22-13-18(14-23(16-22)35-2)15-24(26(31)32)19-6-10-21(11-7-19)36-20-8-3-17(4-9-20)5-12-25(30)29-27(28)33/h5-6,8-13,15-18H,7,14H2,1-4H3,(H3,30,31,33,35);3-4,6-11,13-16H,5,12H2,1-2H3,(H,31,32)(H3,28,29,30,33)/b26-17+;24-15+. The van der Waals surface area contributed by atoms with Crippen molar-refractivity contribution in [1.82, 2.24) is 15.5 Å². The number of imide groups is 2. The quantitative estimate of drug-likeness (QED) is 0.0355. The molecule has 0 aliphatic rings. The molecule has 0 aromatic heterocycles. The number of carbonyl (C=O) groups excluding carboxylic acids is 5. The van der Waals surface area contributed by atoms with E-state index in [1.807, 2.05) is 59.2 Å². The Morgan fingerprint density at radius 2 is 0.784 bits per heavy atom. The third kappa shape index (κ3) is 17.4. The van der Waals surface area contributed by atoms with Crippen LogP contribution < -0.4 is 50.5 Å². The monoisotopic (exact) mass is 1010 g/mol. The zero-order valence-electron chi connectivity index (χ0n) is 41.6. The molecule has 0 saturated carbocycles. The van der Waals surface area contributed by atoms with Crippen molar-refractivity contribution in [3.8, 4) is 46.0 Å². The number of hydrogen-bond donors (Lipinski definition) is 5. The molecule has 0 bridgehead atoms. The third-order valence-electron chi connectivity index (χ3n) is 10.7. The van der Waals surface area contributed by atoms with Gasteiger partial charge in [0.25, 0.3) is 5.91 Å². The first-order valence-electron chi connectivity index (χ1n) is 22.7. The summed E-state index contributed by atoms with van der Waals surface area (Å²) >= 11 is 0. The number of methoxy groups -OCH3 is 4. The molecule has 7 N–H and O–H groups in total. The number of nitrogens with one attached hydrogen (secondary N) is 2. The van der Waals surface area contributed by atoms with Crippen molar-refractivity contribution in [1.29, 1.82) is 0 Å². The number of aliphatic carboxylic acids is 1. The summed E-state index contributed by atoms with van der Waals surface area (Å²) in [5.41, 5.74) is 14.9. The van der Waals surface area contributed by atoms with Crippen molar-refractivity contribution in [2.45, 2.75) is 25.7 Å². The number of urea groups is 2. The van der Waals surface area contributed by atoms with Gasteiger partial charge in [-0.1, -0.05) is 48.5 Å². The number of ether oxygens (including phenoxy) is 6. The van der Waals surface area contributed by atoms with Crippen LogP contribution in [0.2, 0.25) is 0 Å². The first kappa shape index (κ1) is 55.3. The topological polar surface area (TPSA) is 257 Å². The molecule has 0 aliphatic carbocycles. The molecule has 6 aromatic rings. The van der Waals surface area contributed by atoms with Crippen LogP contribution >= 0.6 is 0 Å². The molecule has 74 heavy (non-hydrogen) atoms. The van der Waals surface area contributed by atoms with E-state index in [1.54, 1.807) is 125 Å². The lowest BCUT2D eigenvalue weighted by Crippen LogP contribution is -2.35. The lowest BCUT2D eigenvalue weighted by molar-refractivity contribution is -0.130. The fourth-order valence-corrected chi connectivity index (χ4v) is 6.98. The van der Waals surface area contributed by atoms with E-state index in [2.05, 4.69) is 0 Å². The molecule has 6 aromatic carbocycles. The average Bonchev–Trinajstić information content (AvgIpc) is 3.39. The number of carboxylic acids is 1. The lowest BCUT2D eigenvalue weighted by atomic mass is 10.0. The second kappa shape index (κ2) is 27.1. The van der Waals surface area contributed by atoms with E-state index in [0.717, 1.165) is 22.3 Å². The predicted octanol–water partition coefficient (Wildman–Crippen LogP) is 8.50. The van der Waals surface area contributed by atoms with Crippen molar-refractivity contribution in [2.75, 3.05) is 42.5 Å². The van der Waals surface area contributed by atoms with Crippen molar-refractivity contribution in [2.24, 2.45) is 11.5 Å². The molecule has 0 heterocycles. The van der Waals surface area contributed by atoms with Gasteiger partial charge in [0, 0.05) is 44.6 Å². The molecule has 7 amide bonds. The smallest absolute Gasteiger partial charge is 0.336 e. The Bertz CT molecular complexity index is 2940. The third-order valence-corrected chi connectivity index (χ3v) is 10.7. The summed E-state index contributed by atoms with van der Waals surface area (Å²) < 4.78 is 33.0.